The highest BCUT2D eigenvalue weighted by Gasteiger charge is 2.47. The lowest BCUT2D eigenvalue weighted by Gasteiger charge is -2.42. The smallest absolute Gasteiger partial charge is 0.324 e. The predicted molar refractivity (Wildman–Crippen MR) is 139 cm³/mol. The van der Waals surface area contributed by atoms with Gasteiger partial charge in [-0.25, -0.2) is 18.0 Å². The van der Waals surface area contributed by atoms with Gasteiger partial charge in [-0.1, -0.05) is 24.3 Å². The number of carboxylic acid groups (broad SMARTS) is 1. The summed E-state index contributed by atoms with van der Waals surface area (Å²) in [6.45, 7) is 0.699. The van der Waals surface area contributed by atoms with Crippen molar-refractivity contribution in [1.82, 2.24) is 4.90 Å². The maximum atomic E-state index is 13.9. The summed E-state index contributed by atoms with van der Waals surface area (Å²) < 4.78 is 41.6. The van der Waals surface area contributed by atoms with E-state index in [4.69, 9.17) is 0 Å². The van der Waals surface area contributed by atoms with Gasteiger partial charge in [-0.05, 0) is 61.9 Å². The fraction of sp³-hybridized carbons (Fsp3) is 0.483. The lowest BCUT2D eigenvalue weighted by Crippen LogP contribution is -2.53. The summed E-state index contributed by atoms with van der Waals surface area (Å²) in [6.07, 6.45) is 0.110. The number of fused-ring (bicyclic) bond motifs is 1. The second-order valence-electron chi connectivity index (χ2n) is 10.9. The number of likely N-dealkylation sites (tertiary alicyclic amines) is 1. The van der Waals surface area contributed by atoms with Crippen LogP contribution in [-0.4, -0.2) is 59.5 Å². The molecule has 0 radical (unpaired) electrons. The van der Waals surface area contributed by atoms with Crippen molar-refractivity contribution in [3.63, 3.8) is 0 Å². The third-order valence-electron chi connectivity index (χ3n) is 8.46. The summed E-state index contributed by atoms with van der Waals surface area (Å²) in [5, 5.41) is 10.2. The molecule has 2 fully saturated rings. The van der Waals surface area contributed by atoms with Gasteiger partial charge in [0.05, 0.1) is 11.1 Å². The number of halogens is 3. The fourth-order valence-corrected chi connectivity index (χ4v) is 6.12. The molecular formula is C29H32F3N3O4. The highest BCUT2D eigenvalue weighted by atomic mass is 19.3. The molecule has 1 N–H and O–H groups in total. The van der Waals surface area contributed by atoms with Crippen LogP contribution in [0.5, 0.6) is 0 Å². The number of para-hydroxylation sites is 1. The molecule has 0 atom stereocenters. The second-order valence-corrected chi connectivity index (χ2v) is 10.9. The van der Waals surface area contributed by atoms with Crippen molar-refractivity contribution in [2.45, 2.75) is 63.3 Å². The van der Waals surface area contributed by atoms with E-state index in [1.807, 2.05) is 0 Å². The van der Waals surface area contributed by atoms with Crippen molar-refractivity contribution in [2.24, 2.45) is 5.41 Å². The Hall–Kier alpha value is -3.56. The second kappa shape index (κ2) is 10.5. The van der Waals surface area contributed by atoms with Crippen LogP contribution in [0.25, 0.3) is 0 Å². The van der Waals surface area contributed by atoms with E-state index >= 15 is 0 Å². The summed E-state index contributed by atoms with van der Waals surface area (Å²) in [5.41, 5.74) is 0.593. The third kappa shape index (κ3) is 5.46. The van der Waals surface area contributed by atoms with Gasteiger partial charge >= 0.3 is 12.0 Å². The Labute approximate surface area is 225 Å². The Morgan fingerprint density at radius 3 is 2.26 bits per heavy atom. The number of urea groups is 1. The molecule has 3 aliphatic rings. The zero-order valence-corrected chi connectivity index (χ0v) is 21.6. The lowest BCUT2D eigenvalue weighted by molar-refractivity contribution is -0.154. The monoisotopic (exact) mass is 543 g/mol. The van der Waals surface area contributed by atoms with E-state index in [1.54, 1.807) is 41.3 Å². The predicted octanol–water partition coefficient (Wildman–Crippen LogP) is 5.48. The van der Waals surface area contributed by atoms with Crippen LogP contribution in [0.3, 0.4) is 0 Å². The van der Waals surface area contributed by atoms with E-state index in [9.17, 15) is 32.7 Å². The van der Waals surface area contributed by atoms with Crippen LogP contribution in [-0.2, 0) is 16.0 Å². The molecule has 2 heterocycles. The van der Waals surface area contributed by atoms with Gasteiger partial charge in [0.2, 0.25) is 11.8 Å². The molecule has 0 bridgehead atoms. The Morgan fingerprint density at radius 1 is 0.949 bits per heavy atom. The molecule has 3 amide bonds. The molecule has 1 saturated carbocycles. The van der Waals surface area contributed by atoms with Crippen LogP contribution in [0.1, 0.15) is 50.5 Å². The van der Waals surface area contributed by atoms with Crippen molar-refractivity contribution in [2.75, 3.05) is 29.4 Å². The normalized spacial score (nSPS) is 20.4. The molecule has 0 spiro atoms. The van der Waals surface area contributed by atoms with Crippen LogP contribution in [0, 0.1) is 11.2 Å². The Bertz CT molecular complexity index is 1240. The number of carbonyl (C=O) groups excluding carboxylic acids is 2. The van der Waals surface area contributed by atoms with Gasteiger partial charge in [0.25, 0.3) is 0 Å². The molecule has 0 unspecified atom stereocenters. The molecule has 1 aliphatic carbocycles. The average molecular weight is 544 g/mol. The average Bonchev–Trinajstić information content (AvgIpc) is 3.33. The van der Waals surface area contributed by atoms with Gasteiger partial charge in [0, 0.05) is 50.6 Å². The summed E-state index contributed by atoms with van der Waals surface area (Å²) in [5.74, 6) is -4.71. The zero-order chi connectivity index (χ0) is 27.8. The maximum Gasteiger partial charge on any atom is 0.324 e. The van der Waals surface area contributed by atoms with E-state index < -0.39 is 35.1 Å². The minimum Gasteiger partial charge on any atom is -0.481 e. The molecule has 5 rings (SSSR count). The standard InChI is InChI=1S/C29H32F3N3O4/c30-21-7-6-20-10-15-34(24(20)18-21)27(39)33-16-13-28(14-17-33,26(37)38)19-25(36)35(22-4-2-1-3-5-22)23-8-11-29(31,32)12-9-23/h1-7,18,23H,8-17,19H2,(H,37,38). The number of benzene rings is 2. The van der Waals surface area contributed by atoms with Crippen LogP contribution < -0.4 is 9.80 Å². The topological polar surface area (TPSA) is 81.2 Å². The van der Waals surface area contributed by atoms with Gasteiger partial charge in [-0.15, -0.1) is 0 Å². The van der Waals surface area contributed by atoms with Crippen molar-refractivity contribution in [1.29, 1.82) is 0 Å². The van der Waals surface area contributed by atoms with Gasteiger partial charge in [-0.2, -0.15) is 0 Å². The number of anilines is 2. The summed E-state index contributed by atoms with van der Waals surface area (Å²) in [4.78, 5) is 44.1. The van der Waals surface area contributed by atoms with Crippen LogP contribution >= 0.6 is 0 Å². The first-order valence-electron chi connectivity index (χ1n) is 13.4. The number of aliphatic carboxylic acids is 1. The number of hydrogen-bond acceptors (Lipinski definition) is 3. The third-order valence-corrected chi connectivity index (χ3v) is 8.46. The quantitative estimate of drug-likeness (QED) is 0.542. The fourth-order valence-electron chi connectivity index (χ4n) is 6.12. The zero-order valence-electron chi connectivity index (χ0n) is 21.6. The van der Waals surface area contributed by atoms with Crippen molar-refractivity contribution < 1.29 is 32.7 Å². The highest BCUT2D eigenvalue weighted by Crippen LogP contribution is 2.41. The first kappa shape index (κ1) is 27.0. The number of rotatable bonds is 5. The Balaban J connectivity index is 1.30. The molecule has 10 heteroatoms. The molecule has 7 nitrogen and oxygen atoms in total. The van der Waals surface area contributed by atoms with Gasteiger partial charge in [0.15, 0.2) is 0 Å². The SMILES string of the molecule is O=C(N1CCC(CC(=O)N(c2ccccc2)C2CCC(F)(F)CC2)(C(=O)O)CC1)N1CCc2ccc(F)cc21. The van der Waals surface area contributed by atoms with Crippen LogP contribution in [0.15, 0.2) is 48.5 Å². The van der Waals surface area contributed by atoms with Crippen LogP contribution in [0.2, 0.25) is 0 Å². The highest BCUT2D eigenvalue weighted by molar-refractivity contribution is 5.97. The van der Waals surface area contributed by atoms with Crippen molar-refractivity contribution >= 4 is 29.3 Å². The molecule has 2 aromatic rings. The number of alkyl halides is 2. The number of carbonyl (C=O) groups is 3. The Kier molecular flexibility index (Phi) is 7.31. The molecule has 2 aromatic carbocycles. The summed E-state index contributed by atoms with van der Waals surface area (Å²) >= 11 is 0. The van der Waals surface area contributed by atoms with E-state index in [0.717, 1.165) is 5.56 Å². The molecule has 39 heavy (non-hydrogen) atoms. The minimum absolute atomic E-state index is 0.0784. The van der Waals surface area contributed by atoms with Crippen molar-refractivity contribution in [3.05, 3.63) is 59.9 Å². The number of piperidine rings is 1. The van der Waals surface area contributed by atoms with Crippen molar-refractivity contribution in [3.8, 4) is 0 Å². The van der Waals surface area contributed by atoms with Gasteiger partial charge < -0.3 is 14.9 Å². The summed E-state index contributed by atoms with van der Waals surface area (Å²) in [7, 11) is 0. The molecule has 208 valence electrons. The molecule has 2 aliphatic heterocycles. The number of hydrogen-bond donors (Lipinski definition) is 1. The first-order chi connectivity index (χ1) is 18.6. The lowest BCUT2D eigenvalue weighted by atomic mass is 9.75. The molecule has 0 aromatic heterocycles. The maximum absolute atomic E-state index is 13.9. The van der Waals surface area contributed by atoms with Gasteiger partial charge in [0.1, 0.15) is 5.82 Å². The number of carboxylic acids is 1. The van der Waals surface area contributed by atoms with E-state index in [-0.39, 0.29) is 64.1 Å². The van der Waals surface area contributed by atoms with Crippen LogP contribution in [0.4, 0.5) is 29.3 Å². The number of amides is 3. The summed E-state index contributed by atoms with van der Waals surface area (Å²) in [6, 6.07) is 12.4. The van der Waals surface area contributed by atoms with E-state index in [2.05, 4.69) is 0 Å². The molecular weight excluding hydrogens is 511 g/mol. The van der Waals surface area contributed by atoms with E-state index in [1.165, 1.54) is 21.9 Å². The molecule has 1 saturated heterocycles. The largest absolute Gasteiger partial charge is 0.481 e. The minimum atomic E-state index is -2.76. The number of nitrogens with zero attached hydrogens (tertiary/aromatic N) is 3. The Morgan fingerprint density at radius 2 is 1.62 bits per heavy atom. The first-order valence-corrected chi connectivity index (χ1v) is 13.4. The van der Waals surface area contributed by atoms with Gasteiger partial charge in [-0.3, -0.25) is 14.5 Å². The van der Waals surface area contributed by atoms with E-state index in [0.29, 0.717) is 24.3 Å².